The molecular formula is C19H32N2O2. The van der Waals surface area contributed by atoms with Crippen LogP contribution in [-0.2, 0) is 9.47 Å². The van der Waals surface area contributed by atoms with Gasteiger partial charge in [-0.05, 0) is 64.5 Å². The van der Waals surface area contributed by atoms with Gasteiger partial charge in [0.05, 0.1) is 24.9 Å². The molecule has 0 bridgehead atoms. The Kier molecular flexibility index (Phi) is 6.74. The maximum Gasteiger partial charge on any atom is 0.223 e. The molecule has 23 heavy (non-hydrogen) atoms. The van der Waals surface area contributed by atoms with E-state index in [9.17, 15) is 0 Å². The number of likely N-dealkylation sites (tertiary alicyclic amines) is 1. The average Bonchev–Trinajstić information content (AvgIpc) is 3.11. The summed E-state index contributed by atoms with van der Waals surface area (Å²) in [5, 5.41) is 0. The van der Waals surface area contributed by atoms with Crippen molar-refractivity contribution in [3.05, 3.63) is 11.4 Å². The van der Waals surface area contributed by atoms with Crippen molar-refractivity contribution in [2.45, 2.75) is 88.6 Å². The summed E-state index contributed by atoms with van der Waals surface area (Å²) in [6.45, 7) is 11.7. The first-order valence-corrected chi connectivity index (χ1v) is 9.69. The van der Waals surface area contributed by atoms with Gasteiger partial charge in [0.2, 0.25) is 6.04 Å². The zero-order valence-corrected chi connectivity index (χ0v) is 14.4. The van der Waals surface area contributed by atoms with Crippen LogP contribution in [-0.4, -0.2) is 55.5 Å². The molecule has 1 heterocycles. The van der Waals surface area contributed by atoms with E-state index in [-0.39, 0.29) is 6.04 Å². The number of hydrogen-bond donors (Lipinski definition) is 0. The predicted octanol–water partition coefficient (Wildman–Crippen LogP) is 3.66. The zero-order valence-electron chi connectivity index (χ0n) is 14.4. The number of ether oxygens (including phenoxy) is 2. The van der Waals surface area contributed by atoms with Gasteiger partial charge in [0.25, 0.3) is 0 Å². The molecule has 3 fully saturated rings. The topological polar surface area (TPSA) is 26.1 Å². The van der Waals surface area contributed by atoms with Gasteiger partial charge >= 0.3 is 0 Å². The molecule has 0 N–H and O–H groups in total. The Morgan fingerprint density at radius 1 is 0.826 bits per heavy atom. The van der Waals surface area contributed by atoms with Gasteiger partial charge in [0.15, 0.2) is 0 Å². The van der Waals surface area contributed by atoms with E-state index in [0.29, 0.717) is 18.3 Å². The molecule has 0 unspecified atom stereocenters. The van der Waals surface area contributed by atoms with Gasteiger partial charge in [-0.25, -0.2) is 6.57 Å². The van der Waals surface area contributed by atoms with Crippen molar-refractivity contribution in [2.75, 3.05) is 26.2 Å². The largest absolute Gasteiger partial charge is 0.377 e. The fourth-order valence-corrected chi connectivity index (χ4v) is 4.27. The summed E-state index contributed by atoms with van der Waals surface area (Å²) >= 11 is 0. The molecule has 1 aliphatic heterocycles. The Morgan fingerprint density at radius 2 is 1.39 bits per heavy atom. The van der Waals surface area contributed by atoms with E-state index < -0.39 is 0 Å². The Bertz CT molecular complexity index is 373. The van der Waals surface area contributed by atoms with Gasteiger partial charge in [-0.3, -0.25) is 0 Å². The fraction of sp³-hybridized carbons (Fsp3) is 0.947. The van der Waals surface area contributed by atoms with Crippen molar-refractivity contribution < 1.29 is 9.47 Å². The Morgan fingerprint density at radius 3 is 2.00 bits per heavy atom. The molecule has 0 aromatic carbocycles. The van der Waals surface area contributed by atoms with Crippen LogP contribution in [0.25, 0.3) is 4.85 Å². The van der Waals surface area contributed by atoms with E-state index >= 15 is 0 Å². The van der Waals surface area contributed by atoms with Crippen LogP contribution in [0, 0.1) is 6.57 Å². The first-order chi connectivity index (χ1) is 11.3. The van der Waals surface area contributed by atoms with Gasteiger partial charge in [-0.1, -0.05) is 0 Å². The van der Waals surface area contributed by atoms with Crippen LogP contribution >= 0.6 is 0 Å². The minimum absolute atomic E-state index is 0.259. The molecule has 0 amide bonds. The van der Waals surface area contributed by atoms with Crippen LogP contribution in [0.15, 0.2) is 0 Å². The third-order valence-electron chi connectivity index (χ3n) is 5.79. The average molecular weight is 320 g/mol. The Labute approximate surface area is 141 Å². The van der Waals surface area contributed by atoms with Crippen molar-refractivity contribution in [1.29, 1.82) is 0 Å². The standard InChI is InChI=1S/C19H32N2O2/c1-20-16-4-6-18(7-5-16)23-19-10-8-17(9-11-19)22-15-14-21-12-2-3-13-21/h16-19H,2-15H2. The van der Waals surface area contributed by atoms with Crippen molar-refractivity contribution in [3.63, 3.8) is 0 Å². The maximum atomic E-state index is 7.12. The van der Waals surface area contributed by atoms with E-state index in [1.807, 2.05) is 0 Å². The molecular weight excluding hydrogens is 288 g/mol. The summed E-state index contributed by atoms with van der Waals surface area (Å²) in [6.07, 6.45) is 12.9. The molecule has 2 aliphatic carbocycles. The lowest BCUT2D eigenvalue weighted by molar-refractivity contribution is -0.0729. The lowest BCUT2D eigenvalue weighted by Gasteiger charge is -2.33. The number of rotatable bonds is 6. The maximum absolute atomic E-state index is 7.12. The van der Waals surface area contributed by atoms with E-state index in [1.54, 1.807) is 0 Å². The van der Waals surface area contributed by atoms with Crippen LogP contribution in [0.3, 0.4) is 0 Å². The van der Waals surface area contributed by atoms with Crippen molar-refractivity contribution in [3.8, 4) is 0 Å². The molecule has 0 atom stereocenters. The predicted molar refractivity (Wildman–Crippen MR) is 91.4 cm³/mol. The van der Waals surface area contributed by atoms with Gasteiger partial charge in [-0.15, -0.1) is 0 Å². The van der Waals surface area contributed by atoms with Crippen LogP contribution in [0.4, 0.5) is 0 Å². The molecule has 2 saturated carbocycles. The lowest BCUT2D eigenvalue weighted by atomic mass is 9.91. The van der Waals surface area contributed by atoms with Gasteiger partial charge < -0.3 is 19.2 Å². The van der Waals surface area contributed by atoms with E-state index in [2.05, 4.69) is 9.74 Å². The van der Waals surface area contributed by atoms with Gasteiger partial charge in [0, 0.05) is 19.4 Å². The molecule has 3 aliphatic rings. The first-order valence-electron chi connectivity index (χ1n) is 9.69. The highest BCUT2D eigenvalue weighted by Gasteiger charge is 2.29. The normalized spacial score (nSPS) is 36.0. The van der Waals surface area contributed by atoms with Crippen LogP contribution in [0.5, 0.6) is 0 Å². The van der Waals surface area contributed by atoms with E-state index in [4.69, 9.17) is 16.0 Å². The van der Waals surface area contributed by atoms with E-state index in [0.717, 1.165) is 64.5 Å². The quantitative estimate of drug-likeness (QED) is 0.699. The minimum atomic E-state index is 0.259. The SMILES string of the molecule is [C-]#[N+]C1CCC(OC2CCC(OCCN3CCCC3)CC2)CC1. The third kappa shape index (κ3) is 5.45. The second-order valence-electron chi connectivity index (χ2n) is 7.51. The molecule has 0 aromatic rings. The van der Waals surface area contributed by atoms with Gasteiger partial charge in [-0.2, -0.15) is 0 Å². The number of nitrogens with zero attached hydrogens (tertiary/aromatic N) is 2. The summed E-state index contributed by atoms with van der Waals surface area (Å²) in [5.74, 6) is 0. The highest BCUT2D eigenvalue weighted by atomic mass is 16.5. The molecule has 4 nitrogen and oxygen atoms in total. The van der Waals surface area contributed by atoms with Crippen molar-refractivity contribution in [2.24, 2.45) is 0 Å². The summed E-state index contributed by atoms with van der Waals surface area (Å²) in [4.78, 5) is 6.19. The molecule has 0 aromatic heterocycles. The highest BCUT2D eigenvalue weighted by molar-refractivity contribution is 4.86. The first kappa shape index (κ1) is 17.2. The van der Waals surface area contributed by atoms with E-state index in [1.165, 1.54) is 25.9 Å². The summed E-state index contributed by atoms with van der Waals surface area (Å²) in [5.41, 5.74) is 0. The lowest BCUT2D eigenvalue weighted by Crippen LogP contribution is -2.33. The highest BCUT2D eigenvalue weighted by Crippen LogP contribution is 2.29. The molecule has 0 radical (unpaired) electrons. The molecule has 0 spiro atoms. The number of hydrogen-bond acceptors (Lipinski definition) is 3. The molecule has 3 rings (SSSR count). The van der Waals surface area contributed by atoms with Gasteiger partial charge in [0.1, 0.15) is 0 Å². The van der Waals surface area contributed by atoms with Crippen LogP contribution in [0.1, 0.15) is 64.2 Å². The molecule has 130 valence electrons. The second-order valence-corrected chi connectivity index (χ2v) is 7.51. The minimum Gasteiger partial charge on any atom is -0.377 e. The fourth-order valence-electron chi connectivity index (χ4n) is 4.27. The third-order valence-corrected chi connectivity index (χ3v) is 5.79. The zero-order chi connectivity index (χ0) is 15.9. The van der Waals surface area contributed by atoms with Crippen LogP contribution < -0.4 is 0 Å². The monoisotopic (exact) mass is 320 g/mol. The Hall–Kier alpha value is -0.630. The molecule has 1 saturated heterocycles. The Balaban J connectivity index is 1.26. The van der Waals surface area contributed by atoms with Crippen molar-refractivity contribution in [1.82, 2.24) is 4.90 Å². The molecule has 4 heteroatoms. The van der Waals surface area contributed by atoms with Crippen molar-refractivity contribution >= 4 is 0 Å². The summed E-state index contributed by atoms with van der Waals surface area (Å²) < 4.78 is 12.4. The summed E-state index contributed by atoms with van der Waals surface area (Å²) in [6, 6.07) is 0.259. The van der Waals surface area contributed by atoms with Crippen LogP contribution in [0.2, 0.25) is 0 Å². The smallest absolute Gasteiger partial charge is 0.223 e. The summed E-state index contributed by atoms with van der Waals surface area (Å²) in [7, 11) is 0. The second kappa shape index (κ2) is 9.01.